The number of allylic oxidation sites excluding steroid dienone is 4. The van der Waals surface area contributed by atoms with Gasteiger partial charge in [-0.3, -0.25) is 6.08 Å². The van der Waals surface area contributed by atoms with Gasteiger partial charge < -0.3 is 24.8 Å². The predicted octanol–water partition coefficient (Wildman–Crippen LogP) is 4.13. The van der Waals surface area contributed by atoms with Gasteiger partial charge in [-0.2, -0.15) is 35.4 Å². The van der Waals surface area contributed by atoms with Crippen molar-refractivity contribution in [3.05, 3.63) is 82.1 Å². The van der Waals surface area contributed by atoms with Gasteiger partial charge in [0.15, 0.2) is 0 Å². The van der Waals surface area contributed by atoms with Crippen LogP contribution in [0.1, 0.15) is 103 Å². The molecule has 0 spiro atoms. The Kier molecular flexibility index (Phi) is 14.3. The fourth-order valence-electron chi connectivity index (χ4n) is 5.02. The molecule has 0 N–H and O–H groups in total. The maximum absolute atomic E-state index is 3.53. The molecule has 3 aliphatic rings. The van der Waals surface area contributed by atoms with Crippen molar-refractivity contribution in [1.29, 1.82) is 0 Å². The fraction of sp³-hybridized carbons (Fsp3) is 0.528. The summed E-state index contributed by atoms with van der Waals surface area (Å²) < 4.78 is 1.80. The zero-order chi connectivity index (χ0) is 28.3. The molecule has 0 radical (unpaired) electrons. The molecule has 0 heterocycles. The van der Waals surface area contributed by atoms with Crippen molar-refractivity contribution in [2.24, 2.45) is 5.92 Å². The average Bonchev–Trinajstić information content (AvgIpc) is 3.42. The summed E-state index contributed by atoms with van der Waals surface area (Å²) >= 11 is 1.69. The maximum atomic E-state index is 3.53. The summed E-state index contributed by atoms with van der Waals surface area (Å²) in [5.41, 5.74) is 8.76. The molecule has 1 atom stereocenters. The van der Waals surface area contributed by atoms with Crippen molar-refractivity contribution < 1.29 is 49.0 Å². The number of halogens is 2. The van der Waals surface area contributed by atoms with Gasteiger partial charge in [0.2, 0.25) is 0 Å². The van der Waals surface area contributed by atoms with E-state index >= 15 is 0 Å². The summed E-state index contributed by atoms with van der Waals surface area (Å²) in [6.45, 7) is 22.9. The fourth-order valence-corrected chi connectivity index (χ4v) is 7.15. The first-order valence-corrected chi connectivity index (χ1v) is 19.4. The van der Waals surface area contributed by atoms with Crippen LogP contribution >= 0.6 is 0 Å². The summed E-state index contributed by atoms with van der Waals surface area (Å²) in [6.07, 6.45) is 16.2. The van der Waals surface area contributed by atoms with Crippen LogP contribution in [0.4, 0.5) is 0 Å². The second kappa shape index (κ2) is 15.3. The van der Waals surface area contributed by atoms with Crippen LogP contribution in [0, 0.1) is 18.1 Å². The van der Waals surface area contributed by atoms with E-state index in [1.54, 1.807) is 32.6 Å². The molecule has 0 bridgehead atoms. The van der Waals surface area contributed by atoms with E-state index in [9.17, 15) is 0 Å². The number of rotatable bonds is 1. The van der Waals surface area contributed by atoms with Crippen LogP contribution in [0.5, 0.6) is 0 Å². The molecule has 4 heteroatoms. The molecule has 3 aliphatic carbocycles. The van der Waals surface area contributed by atoms with Crippen molar-refractivity contribution in [1.82, 2.24) is 0 Å². The normalized spacial score (nSPS) is 17.6. The van der Waals surface area contributed by atoms with Crippen LogP contribution in [-0.2, 0) is 41.5 Å². The Balaban J connectivity index is 0.000000351. The van der Waals surface area contributed by atoms with Gasteiger partial charge in [-0.1, -0.05) is 109 Å². The molecule has 0 nitrogen and oxygen atoms in total. The Labute approximate surface area is 275 Å². The molecule has 2 aromatic rings. The minimum absolute atomic E-state index is 0. The molecule has 0 amide bonds. The number of hydrogen-bond donors (Lipinski definition) is 0. The van der Waals surface area contributed by atoms with E-state index in [0.29, 0.717) is 5.92 Å². The van der Waals surface area contributed by atoms with Crippen molar-refractivity contribution >= 4 is 11.3 Å². The second-order valence-corrected chi connectivity index (χ2v) is 21.3. The van der Waals surface area contributed by atoms with Crippen LogP contribution in [0.25, 0.3) is 11.1 Å². The molecular formula is C36H50Cl2SiZr-2. The van der Waals surface area contributed by atoms with E-state index in [1.807, 2.05) is 0 Å². The van der Waals surface area contributed by atoms with E-state index in [0.717, 1.165) is 6.42 Å². The number of benzene rings is 2. The van der Waals surface area contributed by atoms with Gasteiger partial charge in [0.05, 0.1) is 0 Å². The molecule has 5 rings (SSSR count). The minimum atomic E-state index is -1.02. The molecular weight excluding hydrogens is 623 g/mol. The van der Waals surface area contributed by atoms with Gasteiger partial charge in [-0.15, -0.1) is 5.56 Å². The Morgan fingerprint density at radius 1 is 0.825 bits per heavy atom. The van der Waals surface area contributed by atoms with Gasteiger partial charge in [0.25, 0.3) is 0 Å². The first kappa shape index (κ1) is 37.5. The monoisotopic (exact) mass is 670 g/mol. The third-order valence-electron chi connectivity index (χ3n) is 7.78. The molecule has 0 saturated heterocycles. The van der Waals surface area contributed by atoms with Gasteiger partial charge in [0.1, 0.15) is 0 Å². The first-order valence-electron chi connectivity index (χ1n) is 14.6. The Hall–Kier alpha value is -0.530. The van der Waals surface area contributed by atoms with Gasteiger partial charge >= 0.3 is 59.5 Å². The van der Waals surface area contributed by atoms with Crippen LogP contribution in [-0.4, -0.2) is 11.3 Å². The quantitative estimate of drug-likeness (QED) is 0.270. The molecule has 0 aromatic heterocycles. The average molecular weight is 673 g/mol. The van der Waals surface area contributed by atoms with Crippen LogP contribution < -0.4 is 24.8 Å². The number of hydrogen-bond acceptors (Lipinski definition) is 0. The van der Waals surface area contributed by atoms with Crippen molar-refractivity contribution in [3.8, 4) is 11.1 Å². The molecule has 0 aliphatic heterocycles. The Bertz CT molecular complexity index is 1130. The van der Waals surface area contributed by atoms with Gasteiger partial charge in [0, 0.05) is 0 Å². The van der Waals surface area contributed by atoms with Crippen molar-refractivity contribution in [2.45, 2.75) is 117 Å². The second-order valence-electron chi connectivity index (χ2n) is 14.5. The molecule has 218 valence electrons. The van der Waals surface area contributed by atoms with E-state index < -0.39 is 8.07 Å². The Morgan fingerprint density at radius 3 is 1.82 bits per heavy atom. The van der Waals surface area contributed by atoms with Crippen molar-refractivity contribution in [2.75, 3.05) is 0 Å². The zero-order valence-electron chi connectivity index (χ0n) is 26.6. The molecule has 1 saturated carbocycles. The molecule has 2 aromatic carbocycles. The molecule has 1 unspecified atom stereocenters. The summed E-state index contributed by atoms with van der Waals surface area (Å²) in [5, 5.41) is 1.56. The number of fused-ring (bicyclic) bond motifs is 3. The first-order chi connectivity index (χ1) is 17.6. The van der Waals surface area contributed by atoms with Gasteiger partial charge in [-0.05, 0) is 25.5 Å². The van der Waals surface area contributed by atoms with E-state index in [4.69, 9.17) is 0 Å². The van der Waals surface area contributed by atoms with Gasteiger partial charge in [-0.25, -0.2) is 11.3 Å². The van der Waals surface area contributed by atoms with E-state index in [-0.39, 0.29) is 35.6 Å². The van der Waals surface area contributed by atoms with Crippen LogP contribution in [0.15, 0.2) is 47.7 Å². The molecule has 1 fully saturated rings. The van der Waals surface area contributed by atoms with E-state index in [2.05, 4.69) is 123 Å². The third kappa shape index (κ3) is 10.6. The van der Waals surface area contributed by atoms with Crippen molar-refractivity contribution in [3.63, 3.8) is 0 Å². The summed E-state index contributed by atoms with van der Waals surface area (Å²) in [4.78, 5) is 0. The summed E-state index contributed by atoms with van der Waals surface area (Å²) in [7, 11) is -1.02. The zero-order valence-corrected chi connectivity index (χ0v) is 31.6. The predicted molar refractivity (Wildman–Crippen MR) is 167 cm³/mol. The van der Waals surface area contributed by atoms with Crippen LogP contribution in [0.2, 0.25) is 19.6 Å². The standard InChI is InChI=1S/C21H25.C9H15Si.C6H10.2ClH.Zr/c1-20(2,3)16-9-7-14-11-15-8-10-17(21(4,5)6)13-19(15)18(14)12-16;1-8-5-6-9(7-8)10(2,3)4;1-2-4-6-5-3-1;;;/h7,9-10,12-13H,11H2,1-6H3;6-8H,1-4H3;1-5H2;2*1H;/q2*-1;;;;+2/p-2. The third-order valence-corrected chi connectivity index (χ3v) is 11.1. The molecule has 40 heavy (non-hydrogen) atoms. The topological polar surface area (TPSA) is 0 Å². The Morgan fingerprint density at radius 2 is 1.40 bits per heavy atom. The van der Waals surface area contributed by atoms with E-state index in [1.165, 1.54) is 65.5 Å². The SMILES string of the molecule is CC(C)(C)c1c[c-]c2c(c1)-c1cc(C(C)(C)C)ccc1C2.CC1[C-]=CC([Si](C)(C)C)=C1.[Cl-].[Cl-].[Zr+2]=[C]1CCCCC1. The summed E-state index contributed by atoms with van der Waals surface area (Å²) in [5.74, 6) is 0.557. The van der Waals surface area contributed by atoms with Crippen LogP contribution in [0.3, 0.4) is 0 Å². The summed E-state index contributed by atoms with van der Waals surface area (Å²) in [6, 6.07) is 15.1.